The van der Waals surface area contributed by atoms with Gasteiger partial charge >= 0.3 is 15.6 Å². The van der Waals surface area contributed by atoms with Gasteiger partial charge in [-0.15, -0.1) is 0 Å². The Labute approximate surface area is 130 Å². The van der Waals surface area contributed by atoms with Crippen LogP contribution in [0.25, 0.3) is 0 Å². The fourth-order valence-electron chi connectivity index (χ4n) is 2.23. The third-order valence-electron chi connectivity index (χ3n) is 3.41. The van der Waals surface area contributed by atoms with E-state index in [9.17, 15) is 21.6 Å². The molecule has 2 fully saturated rings. The Bertz CT molecular complexity index is 647. The van der Waals surface area contributed by atoms with E-state index in [4.69, 9.17) is 14.2 Å². The first-order valence-electron chi connectivity index (χ1n) is 6.70. The molecule has 4 atom stereocenters. The summed E-state index contributed by atoms with van der Waals surface area (Å²) >= 11 is 0. The van der Waals surface area contributed by atoms with Crippen LogP contribution in [0.15, 0.2) is 30.3 Å². The van der Waals surface area contributed by atoms with Crippen molar-refractivity contribution in [1.82, 2.24) is 0 Å². The van der Waals surface area contributed by atoms with Crippen molar-refractivity contribution in [3.63, 3.8) is 0 Å². The van der Waals surface area contributed by atoms with Gasteiger partial charge < -0.3 is 14.2 Å². The Kier molecular flexibility index (Phi) is 4.36. The molecule has 0 saturated carbocycles. The van der Waals surface area contributed by atoms with Crippen LogP contribution in [0, 0.1) is 0 Å². The molecule has 0 N–H and O–H groups in total. The summed E-state index contributed by atoms with van der Waals surface area (Å²) in [5.41, 5.74) is -4.58. The number of benzene rings is 1. The number of hydrogen-bond donors (Lipinski definition) is 0. The van der Waals surface area contributed by atoms with E-state index in [0.717, 1.165) is 5.56 Å². The zero-order valence-electron chi connectivity index (χ0n) is 11.6. The molecule has 2 saturated heterocycles. The Balaban J connectivity index is 1.53. The monoisotopic (exact) mass is 354 g/mol. The lowest BCUT2D eigenvalue weighted by atomic mass is 10.1. The number of alkyl halides is 3. The maximum atomic E-state index is 12.3. The van der Waals surface area contributed by atoms with E-state index in [-0.39, 0.29) is 13.2 Å². The summed E-state index contributed by atoms with van der Waals surface area (Å²) in [5.74, 6) is 0. The van der Waals surface area contributed by atoms with E-state index in [2.05, 4.69) is 4.18 Å². The van der Waals surface area contributed by atoms with Gasteiger partial charge in [0.25, 0.3) is 0 Å². The van der Waals surface area contributed by atoms with Crippen LogP contribution in [0.1, 0.15) is 5.56 Å². The molecule has 128 valence electrons. The molecule has 0 unspecified atom stereocenters. The molecule has 10 heteroatoms. The molecule has 23 heavy (non-hydrogen) atoms. The lowest BCUT2D eigenvalue weighted by Crippen LogP contribution is -2.43. The molecule has 2 heterocycles. The van der Waals surface area contributed by atoms with Crippen LogP contribution in [0.3, 0.4) is 0 Å². The van der Waals surface area contributed by atoms with Gasteiger partial charge in [0.05, 0.1) is 13.2 Å². The van der Waals surface area contributed by atoms with E-state index in [1.165, 1.54) is 0 Å². The second-order valence-corrected chi connectivity index (χ2v) is 6.66. The molecular weight excluding hydrogens is 341 g/mol. The maximum absolute atomic E-state index is 12.3. The average Bonchev–Trinajstić information content (AvgIpc) is 3.27. The van der Waals surface area contributed by atoms with Crippen LogP contribution < -0.4 is 0 Å². The van der Waals surface area contributed by atoms with Crippen molar-refractivity contribution in [1.29, 1.82) is 0 Å². The zero-order valence-corrected chi connectivity index (χ0v) is 12.4. The summed E-state index contributed by atoms with van der Waals surface area (Å²) in [7, 11) is -5.68. The zero-order chi connectivity index (χ0) is 16.7. The summed E-state index contributed by atoms with van der Waals surface area (Å²) in [4.78, 5) is 0. The first-order valence-corrected chi connectivity index (χ1v) is 8.11. The molecule has 2 aliphatic heterocycles. The fraction of sp³-hybridized carbons (Fsp3) is 0.538. The molecule has 2 aliphatic rings. The van der Waals surface area contributed by atoms with Gasteiger partial charge in [-0.1, -0.05) is 30.3 Å². The Morgan fingerprint density at radius 2 is 1.87 bits per heavy atom. The van der Waals surface area contributed by atoms with Gasteiger partial charge in [-0.05, 0) is 5.56 Å². The number of hydrogen-bond acceptors (Lipinski definition) is 6. The maximum Gasteiger partial charge on any atom is 0.523 e. The number of rotatable bonds is 5. The van der Waals surface area contributed by atoms with E-state index < -0.39 is 40.2 Å². The minimum absolute atomic E-state index is 0.241. The van der Waals surface area contributed by atoms with Gasteiger partial charge in [0.1, 0.15) is 18.3 Å². The van der Waals surface area contributed by atoms with Gasteiger partial charge in [-0.25, -0.2) is 0 Å². The molecule has 0 amide bonds. The highest BCUT2D eigenvalue weighted by Gasteiger charge is 2.59. The smallest absolute Gasteiger partial charge is 0.361 e. The van der Waals surface area contributed by atoms with Gasteiger partial charge in [-0.2, -0.15) is 21.6 Å². The molecule has 0 radical (unpaired) electrons. The van der Waals surface area contributed by atoms with Crippen molar-refractivity contribution in [2.45, 2.75) is 36.7 Å². The van der Waals surface area contributed by atoms with E-state index in [1.807, 2.05) is 30.3 Å². The van der Waals surface area contributed by atoms with Crippen LogP contribution in [0.4, 0.5) is 13.2 Å². The predicted octanol–water partition coefficient (Wildman–Crippen LogP) is 1.56. The third-order valence-corrected chi connectivity index (χ3v) is 4.48. The van der Waals surface area contributed by atoms with Crippen LogP contribution in [0.5, 0.6) is 0 Å². The molecule has 3 rings (SSSR count). The van der Waals surface area contributed by atoms with Crippen molar-refractivity contribution in [3.8, 4) is 0 Å². The highest BCUT2D eigenvalue weighted by molar-refractivity contribution is 7.87. The summed E-state index contributed by atoms with van der Waals surface area (Å²) < 4.78 is 78.9. The van der Waals surface area contributed by atoms with Gasteiger partial charge in [0.2, 0.25) is 0 Å². The SMILES string of the molecule is O=S(=O)(O[C@@H]1CO[C@H](OCc2ccccc2)[C@@H]2O[C@H]21)C(F)(F)F. The number of epoxide rings is 1. The number of fused-ring (bicyclic) bond motifs is 1. The summed E-state index contributed by atoms with van der Waals surface area (Å²) in [6, 6.07) is 9.21. The van der Waals surface area contributed by atoms with E-state index >= 15 is 0 Å². The molecule has 1 aromatic carbocycles. The molecule has 0 aromatic heterocycles. The summed E-state index contributed by atoms with van der Waals surface area (Å²) in [6.07, 6.45) is -3.53. The average molecular weight is 354 g/mol. The van der Waals surface area contributed by atoms with E-state index in [1.54, 1.807) is 0 Å². The van der Waals surface area contributed by atoms with Gasteiger partial charge in [-0.3, -0.25) is 4.18 Å². The number of halogens is 3. The lowest BCUT2D eigenvalue weighted by molar-refractivity contribution is -0.180. The Morgan fingerprint density at radius 1 is 1.17 bits per heavy atom. The van der Waals surface area contributed by atoms with Crippen LogP contribution in [-0.2, 0) is 35.1 Å². The minimum atomic E-state index is -5.68. The molecule has 6 nitrogen and oxygen atoms in total. The Hall–Kier alpha value is -1.20. The highest BCUT2D eigenvalue weighted by atomic mass is 32.2. The molecule has 0 bridgehead atoms. The normalized spacial score (nSPS) is 30.7. The highest BCUT2D eigenvalue weighted by Crippen LogP contribution is 2.39. The van der Waals surface area contributed by atoms with Crippen molar-refractivity contribution >= 4 is 10.1 Å². The van der Waals surface area contributed by atoms with E-state index in [0.29, 0.717) is 0 Å². The fourth-order valence-corrected chi connectivity index (χ4v) is 2.83. The minimum Gasteiger partial charge on any atom is -0.361 e. The van der Waals surface area contributed by atoms with Crippen molar-refractivity contribution in [2.75, 3.05) is 6.61 Å². The standard InChI is InChI=1S/C13H13F3O6S/c14-13(15,16)23(17,18)22-9-7-20-12(11-10(9)21-11)19-6-8-4-2-1-3-5-8/h1-5,9-12H,6-7H2/t9-,10+,11-,12+/m1/s1. The Morgan fingerprint density at radius 3 is 2.52 bits per heavy atom. The second-order valence-electron chi connectivity index (χ2n) is 5.10. The third kappa shape index (κ3) is 3.66. The second kappa shape index (κ2) is 6.02. The summed E-state index contributed by atoms with van der Waals surface area (Å²) in [5, 5.41) is 0. The lowest BCUT2D eigenvalue weighted by Gasteiger charge is -2.25. The van der Waals surface area contributed by atoms with Crippen LogP contribution in [0.2, 0.25) is 0 Å². The first-order chi connectivity index (χ1) is 10.8. The largest absolute Gasteiger partial charge is 0.523 e. The molecule has 1 aromatic rings. The van der Waals surface area contributed by atoms with Crippen molar-refractivity contribution in [2.24, 2.45) is 0 Å². The number of ether oxygens (including phenoxy) is 3. The topological polar surface area (TPSA) is 74.4 Å². The summed E-state index contributed by atoms with van der Waals surface area (Å²) in [6.45, 7) is -0.125. The van der Waals surface area contributed by atoms with Crippen LogP contribution >= 0.6 is 0 Å². The first kappa shape index (κ1) is 16.7. The van der Waals surface area contributed by atoms with Crippen LogP contribution in [-0.4, -0.2) is 45.1 Å². The molecule has 0 aliphatic carbocycles. The quantitative estimate of drug-likeness (QED) is 0.454. The van der Waals surface area contributed by atoms with Crippen molar-refractivity contribution < 1.29 is 40.0 Å². The van der Waals surface area contributed by atoms with Crippen molar-refractivity contribution in [3.05, 3.63) is 35.9 Å². The molecule has 0 spiro atoms. The van der Waals surface area contributed by atoms with Gasteiger partial charge in [0.15, 0.2) is 6.29 Å². The predicted molar refractivity (Wildman–Crippen MR) is 69.5 cm³/mol. The molecular formula is C13H13F3O6S. The van der Waals surface area contributed by atoms with Gasteiger partial charge in [0, 0.05) is 0 Å².